The van der Waals surface area contributed by atoms with Gasteiger partial charge in [-0.15, -0.1) is 0 Å². The number of esters is 1. The van der Waals surface area contributed by atoms with E-state index < -0.39 is 17.7 Å². The Bertz CT molecular complexity index is 1080. The third-order valence-electron chi connectivity index (χ3n) is 4.92. The number of nitrogens with zero attached hydrogens (tertiary/aromatic N) is 3. The molecule has 1 aliphatic heterocycles. The summed E-state index contributed by atoms with van der Waals surface area (Å²) in [5, 5.41) is 5.57. The molecule has 0 aromatic heterocycles. The minimum Gasteiger partial charge on any atom is -0.462 e. The van der Waals surface area contributed by atoms with E-state index in [0.717, 1.165) is 16.3 Å². The van der Waals surface area contributed by atoms with E-state index in [2.05, 4.69) is 23.9 Å². The number of hydrogen-bond donors (Lipinski definition) is 0. The zero-order valence-electron chi connectivity index (χ0n) is 19.4. The highest BCUT2D eigenvalue weighted by atomic mass is 16.6. The van der Waals surface area contributed by atoms with Gasteiger partial charge in [0.15, 0.2) is 0 Å². The molecule has 2 aromatic carbocycles. The summed E-state index contributed by atoms with van der Waals surface area (Å²) in [6.45, 7) is 11.5. The number of hydrazone groups is 1. The van der Waals surface area contributed by atoms with Gasteiger partial charge in [-0.05, 0) is 57.5 Å². The van der Waals surface area contributed by atoms with Gasteiger partial charge in [0.05, 0.1) is 35.5 Å². The molecule has 1 amide bonds. The molecule has 0 spiro atoms. The first-order valence-electron chi connectivity index (χ1n) is 10.6. The Morgan fingerprint density at radius 1 is 1.12 bits per heavy atom. The second kappa shape index (κ2) is 8.94. The monoisotopic (exact) mass is 435 g/mol. The number of amides is 1. The first kappa shape index (κ1) is 23.2. The van der Waals surface area contributed by atoms with Crippen LogP contribution in [0.4, 0.5) is 16.2 Å². The molecule has 0 bridgehead atoms. The molecular formula is C25H29N3O4. The van der Waals surface area contributed by atoms with Gasteiger partial charge >= 0.3 is 12.1 Å². The second-order valence-corrected chi connectivity index (χ2v) is 8.95. The van der Waals surface area contributed by atoms with Crippen LogP contribution >= 0.6 is 0 Å². The minimum atomic E-state index is -0.718. The summed E-state index contributed by atoms with van der Waals surface area (Å²) in [6.07, 6.45) is 0.907. The first-order chi connectivity index (χ1) is 15.0. The number of rotatable bonds is 5. The van der Waals surface area contributed by atoms with Gasteiger partial charge in [0.2, 0.25) is 0 Å². The summed E-state index contributed by atoms with van der Waals surface area (Å²) in [6, 6.07) is 14.4. The number of aliphatic imine (C=N–C) groups is 1. The lowest BCUT2D eigenvalue weighted by atomic mass is 9.82. The molecule has 0 saturated carbocycles. The SMILES string of the molecule is CCOC(=O)c1cccc(N(N=CC2=Nc3ccccc3C2(C)C)C(=O)OC(C)(C)C)c1. The fourth-order valence-corrected chi connectivity index (χ4v) is 3.31. The Hall–Kier alpha value is -3.48. The Morgan fingerprint density at radius 2 is 1.84 bits per heavy atom. The molecule has 0 radical (unpaired) electrons. The smallest absolute Gasteiger partial charge is 0.435 e. The average Bonchev–Trinajstić information content (AvgIpc) is 2.97. The molecule has 3 rings (SSSR count). The van der Waals surface area contributed by atoms with Gasteiger partial charge in [0.25, 0.3) is 0 Å². The highest BCUT2D eigenvalue weighted by Gasteiger charge is 2.34. The van der Waals surface area contributed by atoms with Crippen LogP contribution in [0.1, 0.15) is 57.5 Å². The molecule has 0 atom stereocenters. The predicted molar refractivity (Wildman–Crippen MR) is 126 cm³/mol. The molecule has 1 heterocycles. The topological polar surface area (TPSA) is 80.6 Å². The van der Waals surface area contributed by atoms with Crippen molar-refractivity contribution in [3.63, 3.8) is 0 Å². The van der Waals surface area contributed by atoms with Crippen LogP contribution in [0.3, 0.4) is 0 Å². The van der Waals surface area contributed by atoms with Crippen molar-refractivity contribution in [3.8, 4) is 0 Å². The maximum absolute atomic E-state index is 13.0. The van der Waals surface area contributed by atoms with E-state index in [1.807, 2.05) is 24.3 Å². The van der Waals surface area contributed by atoms with Crippen molar-refractivity contribution in [2.24, 2.45) is 10.1 Å². The second-order valence-electron chi connectivity index (χ2n) is 8.95. The number of ether oxygens (including phenoxy) is 2. The summed E-state index contributed by atoms with van der Waals surface area (Å²) in [4.78, 5) is 29.9. The number of fused-ring (bicyclic) bond motifs is 1. The molecule has 0 fully saturated rings. The quantitative estimate of drug-likeness (QED) is 0.345. The van der Waals surface area contributed by atoms with Crippen LogP contribution in [0, 0.1) is 0 Å². The Labute approximate surface area is 188 Å². The highest BCUT2D eigenvalue weighted by Crippen LogP contribution is 2.39. The Balaban J connectivity index is 1.97. The molecule has 7 heteroatoms. The number of anilines is 1. The van der Waals surface area contributed by atoms with Crippen molar-refractivity contribution in [1.29, 1.82) is 0 Å². The summed E-state index contributed by atoms with van der Waals surface area (Å²) < 4.78 is 10.6. The largest absolute Gasteiger partial charge is 0.462 e. The van der Waals surface area contributed by atoms with Crippen molar-refractivity contribution in [3.05, 3.63) is 59.7 Å². The van der Waals surface area contributed by atoms with Gasteiger partial charge in [-0.3, -0.25) is 4.99 Å². The minimum absolute atomic E-state index is 0.256. The molecule has 7 nitrogen and oxygen atoms in total. The molecule has 0 saturated heterocycles. The Morgan fingerprint density at radius 3 is 2.50 bits per heavy atom. The summed E-state index contributed by atoms with van der Waals surface area (Å²) in [5.41, 5.74) is 2.31. The van der Waals surface area contributed by atoms with E-state index in [9.17, 15) is 9.59 Å². The van der Waals surface area contributed by atoms with Crippen molar-refractivity contribution in [2.45, 2.75) is 52.6 Å². The lowest BCUT2D eigenvalue weighted by Crippen LogP contribution is -2.35. The average molecular weight is 436 g/mol. The van der Waals surface area contributed by atoms with Crippen molar-refractivity contribution < 1.29 is 19.1 Å². The number of para-hydroxylation sites is 1. The number of carbonyl (C=O) groups excluding carboxylic acids is 2. The standard InChI is InChI=1S/C25H29N3O4/c1-7-31-22(29)17-11-10-12-18(15-17)28(23(30)32-24(2,3)4)26-16-21-25(5,6)19-13-8-9-14-20(19)27-21/h8-16H,7H2,1-6H3. The zero-order valence-corrected chi connectivity index (χ0v) is 19.4. The number of carbonyl (C=O) groups is 2. The van der Waals surface area contributed by atoms with Gasteiger partial charge in [-0.2, -0.15) is 10.1 Å². The van der Waals surface area contributed by atoms with E-state index in [0.29, 0.717) is 17.0 Å². The van der Waals surface area contributed by atoms with E-state index in [-0.39, 0.29) is 12.0 Å². The van der Waals surface area contributed by atoms with Crippen LogP contribution in [-0.2, 0) is 14.9 Å². The highest BCUT2D eigenvalue weighted by molar-refractivity contribution is 6.37. The molecule has 168 valence electrons. The van der Waals surface area contributed by atoms with Crippen LogP contribution < -0.4 is 5.01 Å². The predicted octanol–water partition coefficient (Wildman–Crippen LogP) is 5.65. The molecular weight excluding hydrogens is 406 g/mol. The Kier molecular flexibility index (Phi) is 6.48. The zero-order chi connectivity index (χ0) is 23.5. The van der Waals surface area contributed by atoms with Gasteiger partial charge in [-0.25, -0.2) is 9.59 Å². The fraction of sp³-hybridized carbons (Fsp3) is 0.360. The fourth-order valence-electron chi connectivity index (χ4n) is 3.31. The van der Waals surface area contributed by atoms with E-state index in [4.69, 9.17) is 9.47 Å². The summed E-state index contributed by atoms with van der Waals surface area (Å²) >= 11 is 0. The molecule has 0 N–H and O–H groups in total. The molecule has 0 unspecified atom stereocenters. The maximum Gasteiger partial charge on any atom is 0.435 e. The molecule has 32 heavy (non-hydrogen) atoms. The van der Waals surface area contributed by atoms with Gasteiger partial charge in [-0.1, -0.05) is 38.1 Å². The summed E-state index contributed by atoms with van der Waals surface area (Å²) in [7, 11) is 0. The third-order valence-corrected chi connectivity index (χ3v) is 4.92. The van der Waals surface area contributed by atoms with Crippen LogP contribution in [0.25, 0.3) is 0 Å². The van der Waals surface area contributed by atoms with E-state index in [1.54, 1.807) is 58.2 Å². The van der Waals surface area contributed by atoms with Crippen molar-refractivity contribution >= 4 is 35.4 Å². The number of hydrogen-bond acceptors (Lipinski definition) is 6. The van der Waals surface area contributed by atoms with E-state index >= 15 is 0 Å². The molecule has 0 aliphatic carbocycles. The third kappa shape index (κ3) is 5.04. The van der Waals surface area contributed by atoms with Crippen LogP contribution in [0.5, 0.6) is 0 Å². The van der Waals surface area contributed by atoms with Gasteiger partial charge in [0, 0.05) is 5.41 Å². The van der Waals surface area contributed by atoms with Crippen molar-refractivity contribution in [1.82, 2.24) is 0 Å². The van der Waals surface area contributed by atoms with Crippen LogP contribution in [-0.4, -0.2) is 36.2 Å². The first-order valence-corrected chi connectivity index (χ1v) is 10.6. The van der Waals surface area contributed by atoms with Gasteiger partial charge in [0.1, 0.15) is 5.60 Å². The van der Waals surface area contributed by atoms with Gasteiger partial charge < -0.3 is 9.47 Å². The number of benzene rings is 2. The summed E-state index contributed by atoms with van der Waals surface area (Å²) in [5.74, 6) is -0.473. The van der Waals surface area contributed by atoms with E-state index in [1.165, 1.54) is 0 Å². The lowest BCUT2D eigenvalue weighted by Gasteiger charge is -2.25. The van der Waals surface area contributed by atoms with Crippen LogP contribution in [0.15, 0.2) is 58.6 Å². The maximum atomic E-state index is 13.0. The van der Waals surface area contributed by atoms with Crippen LogP contribution in [0.2, 0.25) is 0 Å². The lowest BCUT2D eigenvalue weighted by molar-refractivity contribution is 0.0522. The normalized spacial score (nSPS) is 14.6. The molecule has 2 aromatic rings. The molecule has 1 aliphatic rings. The van der Waals surface area contributed by atoms with Crippen molar-refractivity contribution in [2.75, 3.05) is 11.6 Å².